The predicted octanol–water partition coefficient (Wildman–Crippen LogP) is 3.62. The average Bonchev–Trinajstić information content (AvgIpc) is 3.07. The summed E-state index contributed by atoms with van der Waals surface area (Å²) >= 11 is 1.46. The number of amidine groups is 1. The monoisotopic (exact) mass is 316 g/mol. The van der Waals surface area contributed by atoms with Gasteiger partial charge in [-0.25, -0.2) is 9.98 Å². The molecule has 1 fully saturated rings. The number of benzene rings is 1. The molecule has 7 heteroatoms. The Hall–Kier alpha value is -2.28. The van der Waals surface area contributed by atoms with E-state index >= 15 is 0 Å². The summed E-state index contributed by atoms with van der Waals surface area (Å²) in [6.07, 6.45) is 5.17. The Morgan fingerprint density at radius 2 is 2.14 bits per heavy atom. The lowest BCUT2D eigenvalue weighted by Gasteiger charge is -2.29. The van der Waals surface area contributed by atoms with Gasteiger partial charge >= 0.3 is 0 Å². The molecule has 0 unspecified atom stereocenters. The molecule has 0 atom stereocenters. The van der Waals surface area contributed by atoms with Gasteiger partial charge in [0, 0.05) is 42.4 Å². The number of non-ortho nitro benzene ring substituents is 1. The van der Waals surface area contributed by atoms with Gasteiger partial charge in [0.15, 0.2) is 0 Å². The van der Waals surface area contributed by atoms with Gasteiger partial charge in [-0.2, -0.15) is 0 Å². The Morgan fingerprint density at radius 1 is 1.32 bits per heavy atom. The molecule has 1 aromatic carbocycles. The van der Waals surface area contributed by atoms with Crippen molar-refractivity contribution in [3.8, 4) is 0 Å². The maximum absolute atomic E-state index is 11.0. The number of nitrogens with zero attached hydrogens (tertiary/aromatic N) is 4. The lowest BCUT2D eigenvalue weighted by atomic mass is 10.1. The number of rotatable bonds is 3. The van der Waals surface area contributed by atoms with Crippen LogP contribution < -0.4 is 0 Å². The molecule has 0 amide bonds. The molecule has 0 radical (unpaired) electrons. The number of likely N-dealkylation sites (tertiary alicyclic amines) is 1. The molecule has 22 heavy (non-hydrogen) atoms. The van der Waals surface area contributed by atoms with E-state index in [1.165, 1.54) is 23.8 Å². The molecular formula is C15H16N4O2S. The van der Waals surface area contributed by atoms with Crippen LogP contribution in [0.4, 0.5) is 10.8 Å². The standard InChI is InChI=1S/C15H16N4O2S/c20-19(21)13-6-4-5-12(11-13)14(17-15-16-7-10-22-15)18-8-2-1-3-9-18/h4-7,10-11H,1-3,8-9H2/b17-14-. The molecule has 6 nitrogen and oxygen atoms in total. The van der Waals surface area contributed by atoms with Gasteiger partial charge in [0.2, 0.25) is 5.13 Å². The van der Waals surface area contributed by atoms with Crippen LogP contribution in [-0.4, -0.2) is 33.7 Å². The van der Waals surface area contributed by atoms with Crippen molar-refractivity contribution < 1.29 is 4.92 Å². The molecule has 114 valence electrons. The SMILES string of the molecule is O=[N+]([O-])c1cccc(/C(=N/c2nccs2)N2CCCCC2)c1. The number of nitro benzene ring substituents is 1. The summed E-state index contributed by atoms with van der Waals surface area (Å²) in [5.41, 5.74) is 0.854. The first-order valence-electron chi connectivity index (χ1n) is 7.22. The summed E-state index contributed by atoms with van der Waals surface area (Å²) in [7, 11) is 0. The molecule has 1 saturated heterocycles. The molecule has 0 aliphatic carbocycles. The molecule has 0 bridgehead atoms. The zero-order chi connectivity index (χ0) is 15.4. The lowest BCUT2D eigenvalue weighted by Crippen LogP contribution is -2.36. The highest BCUT2D eigenvalue weighted by Crippen LogP contribution is 2.22. The summed E-state index contributed by atoms with van der Waals surface area (Å²) in [5.74, 6) is 0.776. The van der Waals surface area contributed by atoms with E-state index in [4.69, 9.17) is 0 Å². The second-order valence-electron chi connectivity index (χ2n) is 5.11. The molecule has 1 aliphatic heterocycles. The van der Waals surface area contributed by atoms with E-state index in [1.54, 1.807) is 18.3 Å². The summed E-state index contributed by atoms with van der Waals surface area (Å²) in [4.78, 5) is 21.7. The maximum atomic E-state index is 11.0. The largest absolute Gasteiger partial charge is 0.356 e. The third kappa shape index (κ3) is 3.30. The highest BCUT2D eigenvalue weighted by molar-refractivity contribution is 7.13. The van der Waals surface area contributed by atoms with E-state index in [0.717, 1.165) is 37.3 Å². The Morgan fingerprint density at radius 3 is 2.82 bits per heavy atom. The van der Waals surface area contributed by atoms with Crippen molar-refractivity contribution in [2.45, 2.75) is 19.3 Å². The van der Waals surface area contributed by atoms with Crippen LogP contribution in [0.5, 0.6) is 0 Å². The highest BCUT2D eigenvalue weighted by Gasteiger charge is 2.19. The van der Waals surface area contributed by atoms with Gasteiger partial charge in [0.05, 0.1) is 4.92 Å². The first-order chi connectivity index (χ1) is 10.7. The summed E-state index contributed by atoms with van der Waals surface area (Å²) in [6.45, 7) is 1.85. The molecule has 2 heterocycles. The van der Waals surface area contributed by atoms with Gasteiger partial charge in [-0.3, -0.25) is 10.1 Å². The van der Waals surface area contributed by atoms with Crippen LogP contribution in [0.1, 0.15) is 24.8 Å². The van der Waals surface area contributed by atoms with E-state index < -0.39 is 0 Å². The summed E-state index contributed by atoms with van der Waals surface area (Å²) < 4.78 is 0. The average molecular weight is 316 g/mol. The Kier molecular flexibility index (Phi) is 4.43. The Labute approximate surface area is 132 Å². The normalized spacial score (nSPS) is 15.8. The van der Waals surface area contributed by atoms with Crippen molar-refractivity contribution in [3.05, 3.63) is 51.5 Å². The van der Waals surface area contributed by atoms with Gasteiger partial charge in [0.1, 0.15) is 5.84 Å². The van der Waals surface area contributed by atoms with Crippen LogP contribution in [0, 0.1) is 10.1 Å². The second kappa shape index (κ2) is 6.65. The summed E-state index contributed by atoms with van der Waals surface area (Å²) in [5, 5.41) is 13.6. The third-order valence-corrected chi connectivity index (χ3v) is 4.26. The van der Waals surface area contributed by atoms with Crippen molar-refractivity contribution in [1.29, 1.82) is 0 Å². The van der Waals surface area contributed by atoms with Crippen LogP contribution >= 0.6 is 11.3 Å². The number of thiazole rings is 1. The smallest absolute Gasteiger partial charge is 0.270 e. The zero-order valence-electron chi connectivity index (χ0n) is 12.0. The van der Waals surface area contributed by atoms with Crippen LogP contribution in [0.15, 0.2) is 40.8 Å². The third-order valence-electron chi connectivity index (χ3n) is 3.59. The molecule has 1 aromatic heterocycles. The number of aromatic nitrogens is 1. The fourth-order valence-electron chi connectivity index (χ4n) is 2.54. The molecule has 1 aliphatic rings. The quantitative estimate of drug-likeness (QED) is 0.375. The predicted molar refractivity (Wildman–Crippen MR) is 86.8 cm³/mol. The molecule has 2 aromatic rings. The maximum Gasteiger partial charge on any atom is 0.270 e. The molecule has 0 spiro atoms. The van der Waals surface area contributed by atoms with E-state index in [0.29, 0.717) is 5.13 Å². The molecule has 0 N–H and O–H groups in total. The Bertz CT molecular complexity index is 679. The minimum absolute atomic E-state index is 0.0846. The molecule has 0 saturated carbocycles. The van der Waals surface area contributed by atoms with Gasteiger partial charge in [-0.1, -0.05) is 12.1 Å². The van der Waals surface area contributed by atoms with Crippen molar-refractivity contribution in [1.82, 2.24) is 9.88 Å². The van der Waals surface area contributed by atoms with Crippen molar-refractivity contribution in [2.75, 3.05) is 13.1 Å². The topological polar surface area (TPSA) is 71.6 Å². The first kappa shape index (κ1) is 14.6. The van der Waals surface area contributed by atoms with E-state index in [1.807, 2.05) is 11.4 Å². The molecule has 3 rings (SSSR count). The lowest BCUT2D eigenvalue weighted by molar-refractivity contribution is -0.384. The van der Waals surface area contributed by atoms with Crippen LogP contribution in [0.25, 0.3) is 0 Å². The van der Waals surface area contributed by atoms with Gasteiger partial charge < -0.3 is 4.90 Å². The van der Waals surface area contributed by atoms with E-state index in [9.17, 15) is 10.1 Å². The number of piperidine rings is 1. The van der Waals surface area contributed by atoms with Crippen LogP contribution in [0.3, 0.4) is 0 Å². The minimum Gasteiger partial charge on any atom is -0.356 e. The second-order valence-corrected chi connectivity index (χ2v) is 5.98. The number of nitro groups is 1. The highest BCUT2D eigenvalue weighted by atomic mass is 32.1. The Balaban J connectivity index is 2.01. The van der Waals surface area contributed by atoms with Crippen molar-refractivity contribution in [3.63, 3.8) is 0 Å². The van der Waals surface area contributed by atoms with Crippen LogP contribution in [-0.2, 0) is 0 Å². The fourth-order valence-corrected chi connectivity index (χ4v) is 3.05. The van der Waals surface area contributed by atoms with Gasteiger partial charge in [0.25, 0.3) is 5.69 Å². The summed E-state index contributed by atoms with van der Waals surface area (Å²) in [6, 6.07) is 6.66. The first-order valence-corrected chi connectivity index (χ1v) is 8.10. The van der Waals surface area contributed by atoms with Crippen LogP contribution in [0.2, 0.25) is 0 Å². The number of hydrogen-bond acceptors (Lipinski definition) is 5. The zero-order valence-corrected chi connectivity index (χ0v) is 12.8. The van der Waals surface area contributed by atoms with Gasteiger partial charge in [-0.05, 0) is 19.3 Å². The van der Waals surface area contributed by atoms with Crippen molar-refractivity contribution in [2.24, 2.45) is 4.99 Å². The molecular weight excluding hydrogens is 300 g/mol. The van der Waals surface area contributed by atoms with Gasteiger partial charge in [-0.15, -0.1) is 11.3 Å². The van der Waals surface area contributed by atoms with E-state index in [2.05, 4.69) is 14.9 Å². The fraction of sp³-hybridized carbons (Fsp3) is 0.333. The van der Waals surface area contributed by atoms with E-state index in [-0.39, 0.29) is 10.6 Å². The number of hydrogen-bond donors (Lipinski definition) is 0. The minimum atomic E-state index is -0.374. The number of aliphatic imine (C=N–C) groups is 1. The van der Waals surface area contributed by atoms with Crippen molar-refractivity contribution >= 4 is 28.0 Å².